The van der Waals surface area contributed by atoms with Crippen molar-refractivity contribution in [2.24, 2.45) is 5.92 Å². The molecule has 0 spiro atoms. The maximum absolute atomic E-state index is 12.5. The van der Waals surface area contributed by atoms with Crippen LogP contribution >= 0.6 is 0 Å². The average Bonchev–Trinajstić information content (AvgIpc) is 2.69. The van der Waals surface area contributed by atoms with Gasteiger partial charge in [0.15, 0.2) is 0 Å². The molecule has 5 heteroatoms. The maximum Gasteiger partial charge on any atom is 0.255 e. The Morgan fingerprint density at radius 2 is 1.96 bits per heavy atom. The van der Waals surface area contributed by atoms with Crippen molar-refractivity contribution in [3.05, 3.63) is 66.2 Å². The Morgan fingerprint density at radius 3 is 2.56 bits per heavy atom. The van der Waals surface area contributed by atoms with Gasteiger partial charge in [-0.1, -0.05) is 38.5 Å². The lowest BCUT2D eigenvalue weighted by molar-refractivity contribution is -0.116. The van der Waals surface area contributed by atoms with E-state index in [-0.39, 0.29) is 17.5 Å². The molecule has 2 N–H and O–H groups in total. The van der Waals surface area contributed by atoms with Gasteiger partial charge in [-0.05, 0) is 49.1 Å². The molecule has 27 heavy (non-hydrogen) atoms. The molecule has 1 heterocycles. The number of hydrogen-bond donors (Lipinski definition) is 2. The number of nitrogens with one attached hydrogen (secondary N) is 1. The molecule has 5 nitrogen and oxygen atoms in total. The van der Waals surface area contributed by atoms with E-state index in [1.165, 1.54) is 0 Å². The molecular weight excluding hydrogens is 340 g/mol. The van der Waals surface area contributed by atoms with Gasteiger partial charge in [-0.3, -0.25) is 9.78 Å². The predicted octanol–water partition coefficient (Wildman–Crippen LogP) is 4.67. The second kappa shape index (κ2) is 10.4. The van der Waals surface area contributed by atoms with Crippen molar-refractivity contribution >= 4 is 11.5 Å². The summed E-state index contributed by atoms with van der Waals surface area (Å²) >= 11 is 0. The first-order chi connectivity index (χ1) is 13.0. The van der Waals surface area contributed by atoms with E-state index in [0.717, 1.165) is 30.5 Å². The van der Waals surface area contributed by atoms with Gasteiger partial charge >= 0.3 is 0 Å². The highest BCUT2D eigenvalue weighted by atomic mass is 16.5. The molecule has 0 aliphatic rings. The first kappa shape index (κ1) is 20.5. The van der Waals surface area contributed by atoms with Crippen LogP contribution in [0.4, 0.5) is 0 Å². The van der Waals surface area contributed by atoms with Gasteiger partial charge in [0.25, 0.3) is 5.91 Å². The van der Waals surface area contributed by atoms with Gasteiger partial charge in [0.1, 0.15) is 5.75 Å². The van der Waals surface area contributed by atoms with Crippen LogP contribution < -0.4 is 10.1 Å². The smallest absolute Gasteiger partial charge is 0.255 e. The number of aromatic nitrogens is 1. The quantitative estimate of drug-likeness (QED) is 0.498. The molecule has 1 aromatic heterocycles. The minimum Gasteiger partial charge on any atom is -0.515 e. The summed E-state index contributed by atoms with van der Waals surface area (Å²) in [5.74, 6) is 0.892. The molecule has 1 amide bonds. The topological polar surface area (TPSA) is 71.5 Å². The van der Waals surface area contributed by atoms with Crippen molar-refractivity contribution in [2.75, 3.05) is 6.61 Å². The summed E-state index contributed by atoms with van der Waals surface area (Å²) in [5.41, 5.74) is 1.58. The molecule has 0 fully saturated rings. The number of ether oxygens (including phenoxy) is 1. The van der Waals surface area contributed by atoms with Crippen LogP contribution in [0.3, 0.4) is 0 Å². The van der Waals surface area contributed by atoms with Gasteiger partial charge in [-0.2, -0.15) is 0 Å². The predicted molar refractivity (Wildman–Crippen MR) is 107 cm³/mol. The highest BCUT2D eigenvalue weighted by Crippen LogP contribution is 2.21. The number of nitrogens with zero attached hydrogens (tertiary/aromatic N) is 1. The molecule has 1 aromatic carbocycles. The highest BCUT2D eigenvalue weighted by Gasteiger charge is 2.16. The number of aliphatic hydroxyl groups is 1. The van der Waals surface area contributed by atoms with Gasteiger partial charge < -0.3 is 15.2 Å². The molecule has 2 aromatic rings. The zero-order chi connectivity index (χ0) is 19.6. The SMILES string of the molecule is CCCC(C)COc1ccc(C(=CO)C(=O)N[C@H](C)c2ccccn2)cc1. The second-order valence-corrected chi connectivity index (χ2v) is 6.72. The Balaban J connectivity index is 1.99. The molecule has 0 saturated carbocycles. The number of hydrogen-bond acceptors (Lipinski definition) is 4. The Hall–Kier alpha value is -2.82. The molecule has 2 atom stereocenters. The molecule has 0 bridgehead atoms. The van der Waals surface area contributed by atoms with Crippen molar-refractivity contribution < 1.29 is 14.6 Å². The van der Waals surface area contributed by atoms with Gasteiger partial charge in [0, 0.05) is 6.20 Å². The summed E-state index contributed by atoms with van der Waals surface area (Å²) in [5, 5.41) is 12.4. The Kier molecular flexibility index (Phi) is 7.86. The molecule has 0 aliphatic heterocycles. The minimum absolute atomic E-state index is 0.198. The van der Waals surface area contributed by atoms with E-state index >= 15 is 0 Å². The number of benzene rings is 1. The largest absolute Gasteiger partial charge is 0.515 e. The van der Waals surface area contributed by atoms with Crippen molar-refractivity contribution in [2.45, 2.75) is 39.7 Å². The number of carbonyl (C=O) groups is 1. The van der Waals surface area contributed by atoms with Crippen molar-refractivity contribution in [3.8, 4) is 5.75 Å². The minimum atomic E-state index is -0.360. The van der Waals surface area contributed by atoms with E-state index in [2.05, 4.69) is 24.1 Å². The van der Waals surface area contributed by atoms with E-state index in [9.17, 15) is 9.90 Å². The lowest BCUT2D eigenvalue weighted by Gasteiger charge is -2.15. The van der Waals surface area contributed by atoms with Crippen LogP contribution in [-0.2, 0) is 4.79 Å². The van der Waals surface area contributed by atoms with Crippen LogP contribution in [0.5, 0.6) is 5.75 Å². The summed E-state index contributed by atoms with van der Waals surface area (Å²) < 4.78 is 5.78. The molecule has 144 valence electrons. The van der Waals surface area contributed by atoms with Crippen LogP contribution in [-0.4, -0.2) is 22.6 Å². The van der Waals surface area contributed by atoms with E-state index in [1.54, 1.807) is 18.3 Å². The lowest BCUT2D eigenvalue weighted by Crippen LogP contribution is -2.28. The Labute approximate surface area is 161 Å². The molecule has 1 unspecified atom stereocenters. The normalized spacial score (nSPS) is 13.7. The van der Waals surface area contributed by atoms with E-state index in [1.807, 2.05) is 37.3 Å². The van der Waals surface area contributed by atoms with E-state index in [0.29, 0.717) is 18.1 Å². The van der Waals surface area contributed by atoms with Gasteiger partial charge in [0.05, 0.1) is 30.2 Å². The zero-order valence-electron chi connectivity index (χ0n) is 16.2. The summed E-state index contributed by atoms with van der Waals surface area (Å²) in [7, 11) is 0. The van der Waals surface area contributed by atoms with Crippen LogP contribution in [0.25, 0.3) is 5.57 Å². The van der Waals surface area contributed by atoms with Gasteiger partial charge in [-0.25, -0.2) is 0 Å². The fourth-order valence-electron chi connectivity index (χ4n) is 2.79. The average molecular weight is 368 g/mol. The first-order valence-electron chi connectivity index (χ1n) is 9.34. The summed E-state index contributed by atoms with van der Waals surface area (Å²) in [6.45, 7) is 6.84. The Morgan fingerprint density at radius 1 is 1.22 bits per heavy atom. The Bertz CT molecular complexity index is 742. The second-order valence-electron chi connectivity index (χ2n) is 6.72. The van der Waals surface area contributed by atoms with Gasteiger partial charge in [0.2, 0.25) is 0 Å². The highest BCUT2D eigenvalue weighted by molar-refractivity contribution is 6.19. The number of pyridine rings is 1. The van der Waals surface area contributed by atoms with Crippen LogP contribution in [0, 0.1) is 5.92 Å². The number of rotatable bonds is 9. The third-order valence-corrected chi connectivity index (χ3v) is 4.33. The third-order valence-electron chi connectivity index (χ3n) is 4.33. The monoisotopic (exact) mass is 368 g/mol. The number of aliphatic hydroxyl groups excluding tert-OH is 1. The fraction of sp³-hybridized carbons (Fsp3) is 0.364. The summed E-state index contributed by atoms with van der Waals surface area (Å²) in [6, 6.07) is 12.4. The number of carbonyl (C=O) groups excluding carboxylic acids is 1. The lowest BCUT2D eigenvalue weighted by atomic mass is 10.1. The van der Waals surface area contributed by atoms with Crippen LogP contribution in [0.1, 0.15) is 50.9 Å². The van der Waals surface area contributed by atoms with Crippen molar-refractivity contribution in [3.63, 3.8) is 0 Å². The van der Waals surface area contributed by atoms with Crippen LogP contribution in [0.2, 0.25) is 0 Å². The van der Waals surface area contributed by atoms with E-state index < -0.39 is 0 Å². The molecule has 0 radical (unpaired) electrons. The fourth-order valence-corrected chi connectivity index (χ4v) is 2.79. The van der Waals surface area contributed by atoms with Crippen LogP contribution in [0.15, 0.2) is 54.9 Å². The summed E-state index contributed by atoms with van der Waals surface area (Å²) in [4.78, 5) is 16.8. The maximum atomic E-state index is 12.5. The summed E-state index contributed by atoms with van der Waals surface area (Å²) in [6.07, 6.45) is 4.78. The molecule has 0 saturated heterocycles. The molecule has 2 rings (SSSR count). The van der Waals surface area contributed by atoms with Crippen molar-refractivity contribution in [1.82, 2.24) is 10.3 Å². The molecular formula is C22H28N2O3. The number of amides is 1. The standard InChI is InChI=1S/C22H28N2O3/c1-4-7-16(2)15-27-19-11-9-18(10-12-19)20(14-25)22(26)24-17(3)21-8-5-6-13-23-21/h5-6,8-14,16-17,25H,4,7,15H2,1-3H3,(H,24,26)/t16?,17-/m1/s1. The van der Waals surface area contributed by atoms with Crippen molar-refractivity contribution in [1.29, 1.82) is 0 Å². The van der Waals surface area contributed by atoms with E-state index in [4.69, 9.17) is 4.74 Å². The first-order valence-corrected chi connectivity index (χ1v) is 9.34. The zero-order valence-corrected chi connectivity index (χ0v) is 16.2. The van der Waals surface area contributed by atoms with Gasteiger partial charge in [-0.15, -0.1) is 0 Å². The third kappa shape index (κ3) is 6.13. The molecule has 0 aliphatic carbocycles.